The van der Waals surface area contributed by atoms with E-state index in [1.807, 2.05) is 0 Å². The molecule has 11 heteroatoms. The van der Waals surface area contributed by atoms with Gasteiger partial charge in [-0.1, -0.05) is 18.2 Å². The van der Waals surface area contributed by atoms with Crippen molar-refractivity contribution in [1.29, 1.82) is 0 Å². The van der Waals surface area contributed by atoms with Gasteiger partial charge in [-0.25, -0.2) is 0 Å². The molecule has 218 valence electrons. The lowest BCUT2D eigenvalue weighted by molar-refractivity contribution is -0.185. The number of carboxylic acids is 1. The van der Waals surface area contributed by atoms with Gasteiger partial charge in [0.15, 0.2) is 0 Å². The average molecular weight is 572 g/mol. The Bertz CT molecular complexity index is 1270. The number of aliphatic carboxylic acids is 1. The Balaban J connectivity index is 1.28. The number of carbonyl (C=O) groups excluding carboxylic acids is 1. The summed E-state index contributed by atoms with van der Waals surface area (Å²) >= 11 is 0. The third-order valence-electron chi connectivity index (χ3n) is 9.39. The predicted molar refractivity (Wildman–Crippen MR) is 133 cm³/mol. The van der Waals surface area contributed by atoms with E-state index in [-0.39, 0.29) is 43.5 Å². The van der Waals surface area contributed by atoms with Crippen LogP contribution in [0.4, 0.5) is 26.3 Å². The number of alkyl halides is 6. The SMILES string of the molecule is O=C(O)C12CCC(C(=O)NCc3ccc4c(C(F)(F)F)c(OC5CCC(C(F)(F)F)CC5)ccc4c3)(CC1)CC2. The molecule has 4 saturated carbocycles. The van der Waals surface area contributed by atoms with Crippen LogP contribution < -0.4 is 10.1 Å². The maximum absolute atomic E-state index is 14.2. The van der Waals surface area contributed by atoms with Gasteiger partial charge in [-0.05, 0) is 92.7 Å². The molecule has 2 N–H and O–H groups in total. The first-order valence-corrected chi connectivity index (χ1v) is 13.6. The molecule has 5 nitrogen and oxygen atoms in total. The number of carboxylic acid groups (broad SMARTS) is 1. The number of halogens is 6. The highest BCUT2D eigenvalue weighted by Crippen LogP contribution is 2.57. The number of ether oxygens (including phenoxy) is 1. The van der Waals surface area contributed by atoms with Crippen molar-refractivity contribution in [1.82, 2.24) is 5.32 Å². The van der Waals surface area contributed by atoms with Crippen LogP contribution in [0.1, 0.15) is 75.3 Å². The summed E-state index contributed by atoms with van der Waals surface area (Å²) in [7, 11) is 0. The minimum Gasteiger partial charge on any atom is -0.490 e. The zero-order valence-corrected chi connectivity index (χ0v) is 21.8. The van der Waals surface area contributed by atoms with Gasteiger partial charge in [0.25, 0.3) is 0 Å². The molecule has 2 bridgehead atoms. The fourth-order valence-electron chi connectivity index (χ4n) is 6.76. The second-order valence-corrected chi connectivity index (χ2v) is 11.7. The Kier molecular flexibility index (Phi) is 7.23. The van der Waals surface area contributed by atoms with E-state index in [4.69, 9.17) is 4.74 Å². The number of amides is 1. The third-order valence-corrected chi connectivity index (χ3v) is 9.39. The van der Waals surface area contributed by atoms with Crippen molar-refractivity contribution in [2.75, 3.05) is 0 Å². The highest BCUT2D eigenvalue weighted by molar-refractivity contribution is 5.89. The summed E-state index contributed by atoms with van der Waals surface area (Å²) in [6, 6.07) is 7.09. The summed E-state index contributed by atoms with van der Waals surface area (Å²) in [4.78, 5) is 24.8. The largest absolute Gasteiger partial charge is 0.490 e. The van der Waals surface area contributed by atoms with E-state index in [9.17, 15) is 41.0 Å². The number of hydrogen-bond acceptors (Lipinski definition) is 3. The van der Waals surface area contributed by atoms with Crippen LogP contribution in [0.15, 0.2) is 30.3 Å². The summed E-state index contributed by atoms with van der Waals surface area (Å²) in [5, 5.41) is 12.7. The monoisotopic (exact) mass is 571 g/mol. The molecular formula is C29H31F6NO4. The van der Waals surface area contributed by atoms with Crippen molar-refractivity contribution in [3.8, 4) is 5.75 Å². The van der Waals surface area contributed by atoms with Crippen molar-refractivity contribution in [3.05, 3.63) is 41.5 Å². The number of rotatable bonds is 6. The van der Waals surface area contributed by atoms with Crippen molar-refractivity contribution in [2.45, 2.75) is 89.2 Å². The van der Waals surface area contributed by atoms with Gasteiger partial charge < -0.3 is 15.2 Å². The topological polar surface area (TPSA) is 75.6 Å². The van der Waals surface area contributed by atoms with Crippen LogP contribution in [-0.2, 0) is 22.3 Å². The zero-order chi connectivity index (χ0) is 28.9. The molecule has 0 heterocycles. The Hall–Kier alpha value is -2.98. The maximum Gasteiger partial charge on any atom is 0.420 e. The molecule has 0 radical (unpaired) electrons. The fraction of sp³-hybridized carbons (Fsp3) is 0.586. The number of hydrogen-bond donors (Lipinski definition) is 2. The molecule has 4 aliphatic carbocycles. The van der Waals surface area contributed by atoms with Gasteiger partial charge in [0.1, 0.15) is 11.3 Å². The molecule has 2 aromatic carbocycles. The summed E-state index contributed by atoms with van der Waals surface area (Å²) in [6.07, 6.45) is -7.24. The Morgan fingerprint density at radius 1 is 0.875 bits per heavy atom. The van der Waals surface area contributed by atoms with Crippen LogP contribution in [0.3, 0.4) is 0 Å². The standard InChI is InChI=1S/C29H31F6NO4/c30-28(31,32)19-3-5-20(6-4-19)40-22-8-2-18-15-17(1-7-21(18)23(22)29(33,34)35)16-36-24(37)26-9-12-27(13-10-26,14-11-26)25(38)39/h1-2,7-8,15,19-20H,3-6,9-14,16H2,(H,36,37)(H,38,39). The highest BCUT2D eigenvalue weighted by atomic mass is 19.4. The normalized spacial score (nSPS) is 28.9. The van der Waals surface area contributed by atoms with E-state index in [0.29, 0.717) is 49.5 Å². The van der Waals surface area contributed by atoms with E-state index in [1.54, 1.807) is 6.07 Å². The van der Waals surface area contributed by atoms with Gasteiger partial charge in [0.05, 0.1) is 17.4 Å². The van der Waals surface area contributed by atoms with Crippen molar-refractivity contribution in [3.63, 3.8) is 0 Å². The fourth-order valence-corrected chi connectivity index (χ4v) is 6.76. The summed E-state index contributed by atoms with van der Waals surface area (Å²) in [6.45, 7) is 0.114. The van der Waals surface area contributed by atoms with Crippen LogP contribution in [0.2, 0.25) is 0 Å². The summed E-state index contributed by atoms with van der Waals surface area (Å²) in [5.41, 5.74) is -1.70. The van der Waals surface area contributed by atoms with Gasteiger partial charge in [-0.15, -0.1) is 0 Å². The molecule has 0 aliphatic heterocycles. The van der Waals surface area contributed by atoms with Crippen LogP contribution >= 0.6 is 0 Å². The second kappa shape index (κ2) is 10.1. The highest BCUT2D eigenvalue weighted by Gasteiger charge is 2.55. The van der Waals surface area contributed by atoms with Crippen LogP contribution in [0.25, 0.3) is 10.8 Å². The quantitative estimate of drug-likeness (QED) is 0.355. The first-order valence-electron chi connectivity index (χ1n) is 13.6. The number of nitrogens with one attached hydrogen (secondary N) is 1. The molecule has 4 fully saturated rings. The lowest BCUT2D eigenvalue weighted by Gasteiger charge is -2.50. The minimum atomic E-state index is -4.75. The smallest absolute Gasteiger partial charge is 0.420 e. The van der Waals surface area contributed by atoms with Crippen LogP contribution in [0, 0.1) is 16.7 Å². The summed E-state index contributed by atoms with van der Waals surface area (Å²) < 4.78 is 87.0. The molecule has 4 aliphatic rings. The summed E-state index contributed by atoms with van der Waals surface area (Å²) in [5.74, 6) is -2.83. The second-order valence-electron chi connectivity index (χ2n) is 11.7. The lowest BCUT2D eigenvalue weighted by atomic mass is 9.53. The van der Waals surface area contributed by atoms with E-state index in [0.717, 1.165) is 0 Å². The number of fused-ring (bicyclic) bond motifs is 4. The van der Waals surface area contributed by atoms with Gasteiger partial charge in [0.2, 0.25) is 5.91 Å². The minimum absolute atomic E-state index is 0.0247. The molecule has 0 aromatic heterocycles. The van der Waals surface area contributed by atoms with Crippen molar-refractivity contribution in [2.24, 2.45) is 16.7 Å². The zero-order valence-electron chi connectivity index (χ0n) is 21.8. The Morgan fingerprint density at radius 3 is 2.02 bits per heavy atom. The van der Waals surface area contributed by atoms with Crippen molar-refractivity contribution >= 4 is 22.6 Å². The van der Waals surface area contributed by atoms with Crippen LogP contribution in [0.5, 0.6) is 5.75 Å². The first kappa shape index (κ1) is 28.5. The van der Waals surface area contributed by atoms with E-state index < -0.39 is 52.5 Å². The number of carbonyl (C=O) groups is 2. The molecule has 2 aromatic rings. The first-order chi connectivity index (χ1) is 18.7. The molecule has 1 amide bonds. The molecule has 6 rings (SSSR count). The average Bonchev–Trinajstić information content (AvgIpc) is 2.91. The van der Waals surface area contributed by atoms with E-state index in [1.165, 1.54) is 24.3 Å². The molecule has 40 heavy (non-hydrogen) atoms. The molecule has 0 saturated heterocycles. The maximum atomic E-state index is 14.2. The van der Waals surface area contributed by atoms with E-state index >= 15 is 0 Å². The molecule has 0 atom stereocenters. The van der Waals surface area contributed by atoms with E-state index in [2.05, 4.69) is 5.32 Å². The van der Waals surface area contributed by atoms with Crippen molar-refractivity contribution < 1.29 is 45.8 Å². The Morgan fingerprint density at radius 2 is 1.48 bits per heavy atom. The molecular weight excluding hydrogens is 540 g/mol. The Labute approximate surface area is 227 Å². The van der Waals surface area contributed by atoms with Crippen LogP contribution in [-0.4, -0.2) is 29.3 Å². The number of benzene rings is 2. The molecule has 0 spiro atoms. The third kappa shape index (κ3) is 5.35. The predicted octanol–water partition coefficient (Wildman–Crippen LogP) is 7.40. The van der Waals surface area contributed by atoms with Gasteiger partial charge in [-0.3, -0.25) is 9.59 Å². The van der Waals surface area contributed by atoms with Gasteiger partial charge in [0, 0.05) is 12.0 Å². The molecule has 0 unspecified atom stereocenters. The van der Waals surface area contributed by atoms with Gasteiger partial charge >= 0.3 is 18.3 Å². The van der Waals surface area contributed by atoms with Gasteiger partial charge in [-0.2, -0.15) is 26.3 Å². The lowest BCUT2D eigenvalue weighted by Crippen LogP contribution is -2.52.